The molecule has 0 fully saturated rings. The van der Waals surface area contributed by atoms with Crippen LogP contribution in [0.5, 0.6) is 0 Å². The quantitative estimate of drug-likeness (QED) is 0.580. The van der Waals surface area contributed by atoms with Gasteiger partial charge in [0.1, 0.15) is 18.5 Å². The maximum atomic E-state index is 12.1. The van der Waals surface area contributed by atoms with Crippen molar-refractivity contribution in [3.8, 4) is 0 Å². The lowest BCUT2D eigenvalue weighted by molar-refractivity contribution is 0.571. The van der Waals surface area contributed by atoms with Gasteiger partial charge in [-0.05, 0) is 12.1 Å². The van der Waals surface area contributed by atoms with E-state index in [1.165, 1.54) is 12.1 Å². The predicted molar refractivity (Wildman–Crippen MR) is 99.1 cm³/mol. The highest BCUT2D eigenvalue weighted by atomic mass is 35.5. The van der Waals surface area contributed by atoms with E-state index in [1.807, 2.05) is 0 Å². The molecule has 6 nitrogen and oxygen atoms in total. The van der Waals surface area contributed by atoms with Gasteiger partial charge in [-0.2, -0.15) is 0 Å². The minimum Gasteiger partial charge on any atom is -0.210 e. The number of hydrogen-bond acceptors (Lipinski definition) is 6. The SMILES string of the molecule is O=S(=O)(NCCNS(=O)(=O)c1cc(Cl)sc1Cl)c1cc(Cl)sc1Cl. The molecule has 2 rings (SSSR count). The number of rotatable bonds is 7. The fourth-order valence-corrected chi connectivity index (χ4v) is 7.90. The molecule has 0 saturated carbocycles. The average Bonchev–Trinajstić information content (AvgIpc) is 2.97. The van der Waals surface area contributed by atoms with Crippen LogP contribution in [0.4, 0.5) is 0 Å². The van der Waals surface area contributed by atoms with E-state index in [9.17, 15) is 16.8 Å². The summed E-state index contributed by atoms with van der Waals surface area (Å²) in [5.41, 5.74) is 0. The molecule has 2 aromatic heterocycles. The van der Waals surface area contributed by atoms with Crippen molar-refractivity contribution in [1.29, 1.82) is 0 Å². The lowest BCUT2D eigenvalue weighted by Crippen LogP contribution is -2.34. The number of halogens is 4. The minimum absolute atomic E-state index is 0.0211. The molecule has 0 atom stereocenters. The van der Waals surface area contributed by atoms with Gasteiger partial charge >= 0.3 is 0 Å². The molecule has 0 unspecified atom stereocenters. The molecule has 0 amide bonds. The van der Waals surface area contributed by atoms with Crippen molar-refractivity contribution in [1.82, 2.24) is 9.44 Å². The molecule has 2 N–H and O–H groups in total. The van der Waals surface area contributed by atoms with Crippen molar-refractivity contribution in [3.05, 3.63) is 29.5 Å². The number of sulfonamides is 2. The van der Waals surface area contributed by atoms with Gasteiger partial charge in [0.15, 0.2) is 0 Å². The normalized spacial score (nSPS) is 12.7. The number of thiophene rings is 2. The average molecular weight is 490 g/mol. The predicted octanol–water partition coefficient (Wildman–Crippen LogP) is 3.68. The summed E-state index contributed by atoms with van der Waals surface area (Å²) in [6, 6.07) is 2.43. The topological polar surface area (TPSA) is 92.3 Å². The third kappa shape index (κ3) is 4.97. The summed E-state index contributed by atoms with van der Waals surface area (Å²) in [6.07, 6.45) is 0. The van der Waals surface area contributed by atoms with E-state index in [-0.39, 0.29) is 40.2 Å². The van der Waals surface area contributed by atoms with Gasteiger partial charge in [-0.3, -0.25) is 0 Å². The fourth-order valence-electron chi connectivity index (χ4n) is 1.54. The molecule has 0 aliphatic rings. The molecule has 2 heterocycles. The van der Waals surface area contributed by atoms with Crippen LogP contribution in [0.15, 0.2) is 21.9 Å². The Morgan fingerprint density at radius 2 is 1.08 bits per heavy atom. The van der Waals surface area contributed by atoms with Crippen molar-refractivity contribution in [2.45, 2.75) is 9.79 Å². The van der Waals surface area contributed by atoms with Crippen LogP contribution in [0.25, 0.3) is 0 Å². The zero-order chi connectivity index (χ0) is 18.1. The highest BCUT2D eigenvalue weighted by Gasteiger charge is 2.22. The second kappa shape index (κ2) is 7.95. The van der Waals surface area contributed by atoms with Gasteiger partial charge in [-0.15, -0.1) is 22.7 Å². The zero-order valence-corrected chi connectivity index (χ0v) is 17.6. The molecular formula is C10H8Cl4N2O4S4. The van der Waals surface area contributed by atoms with E-state index in [1.54, 1.807) is 0 Å². The fraction of sp³-hybridized carbons (Fsp3) is 0.200. The Morgan fingerprint density at radius 1 is 0.750 bits per heavy atom. The molecular weight excluding hydrogens is 482 g/mol. The molecule has 0 saturated heterocycles. The first-order valence-electron chi connectivity index (χ1n) is 5.92. The van der Waals surface area contributed by atoms with Gasteiger partial charge in [0, 0.05) is 13.1 Å². The molecule has 0 aliphatic carbocycles. The van der Waals surface area contributed by atoms with E-state index < -0.39 is 20.0 Å². The second-order valence-electron chi connectivity index (χ2n) is 4.17. The lowest BCUT2D eigenvalue weighted by atomic mass is 10.7. The Morgan fingerprint density at radius 3 is 1.33 bits per heavy atom. The van der Waals surface area contributed by atoms with Gasteiger partial charge in [-0.25, -0.2) is 26.3 Å². The van der Waals surface area contributed by atoms with E-state index in [4.69, 9.17) is 46.4 Å². The first-order valence-corrected chi connectivity index (χ1v) is 12.0. The summed E-state index contributed by atoms with van der Waals surface area (Å²) in [7, 11) is -7.78. The summed E-state index contributed by atoms with van der Waals surface area (Å²) < 4.78 is 53.2. The molecule has 0 radical (unpaired) electrons. The van der Waals surface area contributed by atoms with Crippen LogP contribution in [-0.2, 0) is 20.0 Å². The van der Waals surface area contributed by atoms with E-state index in [0.717, 1.165) is 22.7 Å². The first-order chi connectivity index (χ1) is 11.0. The largest absolute Gasteiger partial charge is 0.243 e. The summed E-state index contributed by atoms with van der Waals surface area (Å²) in [6.45, 7) is -0.387. The summed E-state index contributed by atoms with van der Waals surface area (Å²) in [5.74, 6) is 0. The van der Waals surface area contributed by atoms with E-state index >= 15 is 0 Å². The third-order valence-electron chi connectivity index (χ3n) is 2.54. The van der Waals surface area contributed by atoms with Crippen molar-refractivity contribution in [2.24, 2.45) is 0 Å². The van der Waals surface area contributed by atoms with Crippen molar-refractivity contribution < 1.29 is 16.8 Å². The highest BCUT2D eigenvalue weighted by molar-refractivity contribution is 7.90. The van der Waals surface area contributed by atoms with E-state index in [0.29, 0.717) is 0 Å². The molecule has 0 bridgehead atoms. The maximum Gasteiger partial charge on any atom is 0.243 e. The summed E-state index contributed by atoms with van der Waals surface area (Å²) >= 11 is 24.8. The van der Waals surface area contributed by atoms with Gasteiger partial charge in [0.05, 0.1) is 8.67 Å². The smallest absolute Gasteiger partial charge is 0.210 e. The Balaban J connectivity index is 1.97. The van der Waals surface area contributed by atoms with Gasteiger partial charge in [-0.1, -0.05) is 46.4 Å². The van der Waals surface area contributed by atoms with Crippen LogP contribution in [0.3, 0.4) is 0 Å². The molecule has 0 spiro atoms. The molecule has 0 aromatic carbocycles. The number of hydrogen-bond donors (Lipinski definition) is 2. The Labute approximate surface area is 166 Å². The summed E-state index contributed by atoms with van der Waals surface area (Å²) in [4.78, 5) is -0.315. The zero-order valence-electron chi connectivity index (χ0n) is 11.3. The minimum atomic E-state index is -3.89. The van der Waals surface area contributed by atoms with Crippen LogP contribution in [0, 0.1) is 0 Å². The molecule has 134 valence electrons. The first kappa shape index (κ1) is 20.7. The number of nitrogens with one attached hydrogen (secondary N) is 2. The monoisotopic (exact) mass is 488 g/mol. The Hall–Kier alpha value is 0.380. The van der Waals surface area contributed by atoms with Crippen molar-refractivity contribution in [3.63, 3.8) is 0 Å². The Kier molecular flexibility index (Phi) is 6.85. The van der Waals surface area contributed by atoms with Gasteiger partial charge in [0.25, 0.3) is 0 Å². The summed E-state index contributed by atoms with van der Waals surface area (Å²) in [5, 5.41) is 0. The van der Waals surface area contributed by atoms with Crippen LogP contribution in [0.1, 0.15) is 0 Å². The van der Waals surface area contributed by atoms with Gasteiger partial charge in [0.2, 0.25) is 20.0 Å². The molecule has 14 heteroatoms. The second-order valence-corrected chi connectivity index (χ2v) is 12.2. The standard InChI is InChI=1S/C10H8Cl4N2O4S4/c11-7-3-5(9(13)21-7)23(17,18)15-1-2-16-24(19,20)6-4-8(12)22-10(6)14/h3-4,15-16H,1-2H2. The third-order valence-corrected chi connectivity index (χ3v) is 8.97. The van der Waals surface area contributed by atoms with Crippen LogP contribution in [0.2, 0.25) is 17.3 Å². The van der Waals surface area contributed by atoms with Crippen LogP contribution in [-0.4, -0.2) is 29.9 Å². The van der Waals surface area contributed by atoms with Crippen molar-refractivity contribution >= 4 is 89.1 Å². The van der Waals surface area contributed by atoms with Gasteiger partial charge < -0.3 is 0 Å². The van der Waals surface area contributed by atoms with Crippen molar-refractivity contribution in [2.75, 3.05) is 13.1 Å². The molecule has 24 heavy (non-hydrogen) atoms. The molecule has 2 aromatic rings. The Bertz CT molecular complexity index is 873. The lowest BCUT2D eigenvalue weighted by Gasteiger charge is -2.07. The highest BCUT2D eigenvalue weighted by Crippen LogP contribution is 2.35. The van der Waals surface area contributed by atoms with Crippen LogP contribution >= 0.6 is 69.1 Å². The van der Waals surface area contributed by atoms with E-state index in [2.05, 4.69) is 9.44 Å². The van der Waals surface area contributed by atoms with Crippen LogP contribution < -0.4 is 9.44 Å². The maximum absolute atomic E-state index is 12.1. The molecule has 0 aliphatic heterocycles.